The Hall–Kier alpha value is -2.13. The number of carbonyl (C=O) groups excluding carboxylic acids is 1. The maximum atomic E-state index is 11.9. The number of sulfone groups is 1. The van der Waals surface area contributed by atoms with Crippen LogP contribution in [0.15, 0.2) is 40.6 Å². The lowest BCUT2D eigenvalue weighted by Crippen LogP contribution is -2.33. The fourth-order valence-corrected chi connectivity index (χ4v) is 7.02. The highest BCUT2D eigenvalue weighted by molar-refractivity contribution is 8.15. The Labute approximate surface area is 149 Å². The minimum atomic E-state index is -3.08. The standard InChI is InChI=1S/C16H16N4O3S2/c1-10(21)19-16-20(14-8-25(22,23)9-15(14)24-16)18-7-11-6-17-13-5-3-2-4-12(11)13/h2-7,14-15,17H,8-9H2,1H3/b18-7-,19-16?/t14-,15+/m1/s1. The van der Waals surface area contributed by atoms with Crippen LogP contribution in [0.1, 0.15) is 12.5 Å². The van der Waals surface area contributed by atoms with Crippen molar-refractivity contribution in [1.82, 2.24) is 9.99 Å². The smallest absolute Gasteiger partial charge is 0.245 e. The molecule has 0 bridgehead atoms. The van der Waals surface area contributed by atoms with Gasteiger partial charge in [0.15, 0.2) is 15.0 Å². The van der Waals surface area contributed by atoms with Crippen LogP contribution in [0.2, 0.25) is 0 Å². The number of hydrazone groups is 1. The second kappa shape index (κ2) is 5.99. The van der Waals surface area contributed by atoms with E-state index in [4.69, 9.17) is 0 Å². The summed E-state index contributed by atoms with van der Waals surface area (Å²) in [5.74, 6) is -0.192. The van der Waals surface area contributed by atoms with E-state index in [1.807, 2.05) is 30.5 Å². The Morgan fingerprint density at radius 3 is 2.96 bits per heavy atom. The van der Waals surface area contributed by atoms with Gasteiger partial charge in [-0.3, -0.25) is 4.79 Å². The van der Waals surface area contributed by atoms with Crippen LogP contribution in [0.3, 0.4) is 0 Å². The monoisotopic (exact) mass is 376 g/mol. The topological polar surface area (TPSA) is 95.0 Å². The van der Waals surface area contributed by atoms with Crippen molar-refractivity contribution in [3.63, 3.8) is 0 Å². The number of thioether (sulfide) groups is 1. The maximum absolute atomic E-state index is 11.9. The summed E-state index contributed by atoms with van der Waals surface area (Å²) in [4.78, 5) is 18.6. The number of amides is 1. The number of aromatic nitrogens is 1. The van der Waals surface area contributed by atoms with E-state index in [0.717, 1.165) is 16.5 Å². The molecule has 1 aromatic carbocycles. The zero-order valence-electron chi connectivity index (χ0n) is 13.4. The molecule has 0 aliphatic carbocycles. The number of fused-ring (bicyclic) bond motifs is 2. The van der Waals surface area contributed by atoms with Gasteiger partial charge in [0, 0.05) is 29.6 Å². The molecule has 4 rings (SSSR count). The summed E-state index contributed by atoms with van der Waals surface area (Å²) in [5.41, 5.74) is 1.89. The number of para-hydroxylation sites is 1. The second-order valence-electron chi connectivity index (χ2n) is 6.09. The van der Waals surface area contributed by atoms with Crippen molar-refractivity contribution < 1.29 is 13.2 Å². The van der Waals surface area contributed by atoms with Crippen LogP contribution in [0.25, 0.3) is 10.9 Å². The molecule has 0 saturated carbocycles. The molecule has 1 N–H and O–H groups in total. The van der Waals surface area contributed by atoms with E-state index in [-0.39, 0.29) is 28.7 Å². The van der Waals surface area contributed by atoms with E-state index in [1.54, 1.807) is 11.2 Å². The minimum Gasteiger partial charge on any atom is -0.361 e. The molecule has 130 valence electrons. The third-order valence-electron chi connectivity index (χ3n) is 4.23. The number of hydrogen-bond acceptors (Lipinski definition) is 5. The molecule has 3 heterocycles. The quantitative estimate of drug-likeness (QED) is 0.804. The van der Waals surface area contributed by atoms with E-state index < -0.39 is 9.84 Å². The summed E-state index contributed by atoms with van der Waals surface area (Å²) in [5, 5.41) is 7.42. The maximum Gasteiger partial charge on any atom is 0.245 e. The van der Waals surface area contributed by atoms with Crippen LogP contribution in [0, 0.1) is 0 Å². The van der Waals surface area contributed by atoms with E-state index in [1.165, 1.54) is 18.7 Å². The molecule has 2 atom stereocenters. The highest BCUT2D eigenvalue weighted by atomic mass is 32.2. The van der Waals surface area contributed by atoms with Crippen LogP contribution >= 0.6 is 11.8 Å². The number of H-pyrrole nitrogens is 1. The Morgan fingerprint density at radius 1 is 1.36 bits per heavy atom. The van der Waals surface area contributed by atoms with Crippen LogP contribution in [-0.4, -0.2) is 58.5 Å². The molecule has 0 radical (unpaired) electrons. The molecule has 2 fully saturated rings. The van der Waals surface area contributed by atoms with Crippen molar-refractivity contribution in [2.75, 3.05) is 11.5 Å². The van der Waals surface area contributed by atoms with Gasteiger partial charge in [0.05, 0.1) is 29.0 Å². The molecule has 2 aliphatic rings. The lowest BCUT2D eigenvalue weighted by molar-refractivity contribution is -0.115. The summed E-state index contributed by atoms with van der Waals surface area (Å²) in [7, 11) is -3.08. The zero-order chi connectivity index (χ0) is 17.6. The molecule has 1 aromatic heterocycles. The molecule has 0 unspecified atom stereocenters. The van der Waals surface area contributed by atoms with Crippen molar-refractivity contribution in [3.8, 4) is 0 Å². The molecular weight excluding hydrogens is 360 g/mol. The van der Waals surface area contributed by atoms with Gasteiger partial charge >= 0.3 is 0 Å². The van der Waals surface area contributed by atoms with Gasteiger partial charge in [-0.2, -0.15) is 10.1 Å². The van der Waals surface area contributed by atoms with Gasteiger partial charge in [0.25, 0.3) is 0 Å². The van der Waals surface area contributed by atoms with E-state index in [0.29, 0.717) is 5.17 Å². The number of benzene rings is 1. The molecule has 0 spiro atoms. The van der Waals surface area contributed by atoms with Crippen molar-refractivity contribution in [1.29, 1.82) is 0 Å². The second-order valence-corrected chi connectivity index (χ2v) is 9.45. The number of aromatic amines is 1. The first-order valence-corrected chi connectivity index (χ1v) is 10.5. The number of aliphatic imine (C=N–C) groups is 1. The summed E-state index contributed by atoms with van der Waals surface area (Å²) in [6.45, 7) is 1.37. The van der Waals surface area contributed by atoms with Crippen molar-refractivity contribution in [3.05, 3.63) is 36.0 Å². The Bertz CT molecular complexity index is 1010. The Morgan fingerprint density at radius 2 is 2.16 bits per heavy atom. The normalized spacial score (nSPS) is 26.8. The van der Waals surface area contributed by atoms with E-state index in [9.17, 15) is 13.2 Å². The fraction of sp³-hybridized carbons (Fsp3) is 0.312. The highest BCUT2D eigenvalue weighted by Crippen LogP contribution is 2.38. The van der Waals surface area contributed by atoms with Crippen molar-refractivity contribution in [2.24, 2.45) is 10.1 Å². The van der Waals surface area contributed by atoms with Gasteiger partial charge in [-0.05, 0) is 6.07 Å². The average Bonchev–Trinajstić information content (AvgIpc) is 3.16. The molecule has 1 amide bonds. The van der Waals surface area contributed by atoms with Gasteiger partial charge in [-0.25, -0.2) is 13.4 Å². The first kappa shape index (κ1) is 16.3. The van der Waals surface area contributed by atoms with Crippen LogP contribution in [0.5, 0.6) is 0 Å². The predicted molar refractivity (Wildman–Crippen MR) is 99.7 cm³/mol. The van der Waals surface area contributed by atoms with Crippen molar-refractivity contribution in [2.45, 2.75) is 18.2 Å². The number of nitrogens with one attached hydrogen (secondary N) is 1. The number of amidine groups is 1. The highest BCUT2D eigenvalue weighted by Gasteiger charge is 2.49. The molecule has 2 aromatic rings. The third-order valence-corrected chi connectivity index (χ3v) is 7.43. The van der Waals surface area contributed by atoms with Crippen LogP contribution in [0.4, 0.5) is 0 Å². The Kier molecular flexibility index (Phi) is 3.92. The molecule has 2 saturated heterocycles. The average molecular weight is 376 g/mol. The molecule has 2 aliphatic heterocycles. The first-order chi connectivity index (χ1) is 11.9. The minimum absolute atomic E-state index is 0.0345. The summed E-state index contributed by atoms with van der Waals surface area (Å²) in [6, 6.07) is 7.57. The Balaban J connectivity index is 1.69. The van der Waals surface area contributed by atoms with Gasteiger partial charge in [0.1, 0.15) is 0 Å². The van der Waals surface area contributed by atoms with Crippen LogP contribution < -0.4 is 0 Å². The van der Waals surface area contributed by atoms with Gasteiger partial charge in [-0.1, -0.05) is 30.0 Å². The van der Waals surface area contributed by atoms with E-state index >= 15 is 0 Å². The lowest BCUT2D eigenvalue weighted by Gasteiger charge is -2.17. The summed E-state index contributed by atoms with van der Waals surface area (Å²) in [6.07, 6.45) is 3.53. The third kappa shape index (κ3) is 3.09. The molecule has 9 heteroatoms. The number of carbonyl (C=O) groups is 1. The van der Waals surface area contributed by atoms with Gasteiger partial charge in [0.2, 0.25) is 5.91 Å². The van der Waals surface area contributed by atoms with Gasteiger partial charge in [-0.15, -0.1) is 0 Å². The van der Waals surface area contributed by atoms with E-state index in [2.05, 4.69) is 15.1 Å². The summed E-state index contributed by atoms with van der Waals surface area (Å²) >= 11 is 1.32. The summed E-state index contributed by atoms with van der Waals surface area (Å²) < 4.78 is 23.8. The molecule has 7 nitrogen and oxygen atoms in total. The fourth-order valence-electron chi connectivity index (χ4n) is 3.14. The van der Waals surface area contributed by atoms with Crippen molar-refractivity contribution >= 4 is 49.8 Å². The first-order valence-electron chi connectivity index (χ1n) is 7.79. The largest absolute Gasteiger partial charge is 0.361 e. The van der Waals surface area contributed by atoms with Crippen LogP contribution in [-0.2, 0) is 14.6 Å². The molecule has 25 heavy (non-hydrogen) atoms. The predicted octanol–water partition coefficient (Wildman–Crippen LogP) is 1.62. The molecular formula is C16H16N4O3S2. The zero-order valence-corrected chi connectivity index (χ0v) is 15.0. The van der Waals surface area contributed by atoms with Gasteiger partial charge < -0.3 is 4.98 Å². The lowest BCUT2D eigenvalue weighted by atomic mass is 10.2. The number of nitrogens with zero attached hydrogens (tertiary/aromatic N) is 3. The number of rotatable bonds is 2. The number of hydrogen-bond donors (Lipinski definition) is 1. The SMILES string of the molecule is CC(=O)N=C1S[C@H]2CS(=O)(=O)C[C@H]2N1/N=C\c1c[nH]c2ccccc12.